The van der Waals surface area contributed by atoms with Crippen molar-refractivity contribution in [1.29, 1.82) is 0 Å². The van der Waals surface area contributed by atoms with Crippen LogP contribution in [0.2, 0.25) is 0 Å². The van der Waals surface area contributed by atoms with Crippen LogP contribution in [0, 0.1) is 11.8 Å². The molecule has 4 aliphatic rings. The van der Waals surface area contributed by atoms with Crippen LogP contribution in [-0.2, 0) is 19.2 Å². The van der Waals surface area contributed by atoms with Gasteiger partial charge in [0.2, 0.25) is 18.2 Å². The highest BCUT2D eigenvalue weighted by Crippen LogP contribution is 2.35. The van der Waals surface area contributed by atoms with Gasteiger partial charge in [-0.25, -0.2) is 0 Å². The van der Waals surface area contributed by atoms with Crippen LogP contribution < -0.4 is 15.4 Å². The van der Waals surface area contributed by atoms with Gasteiger partial charge in [0.05, 0.1) is 0 Å². The molecule has 3 N–H and O–H groups in total. The van der Waals surface area contributed by atoms with Crippen molar-refractivity contribution in [2.45, 2.75) is 94.0 Å². The Morgan fingerprint density at radius 3 is 2.39 bits per heavy atom. The van der Waals surface area contributed by atoms with Gasteiger partial charge in [-0.1, -0.05) is 25.7 Å². The summed E-state index contributed by atoms with van der Waals surface area (Å²) in [5.74, 6) is 0.0737. The number of nitrogens with one attached hydrogen (secondary N) is 3. The molecule has 1 heterocycles. The SMILES string of the molecule is O=CN[C@H](C(=O)N1CCCC1C(=O)NC(CC1CC1)C(=O)NSC1CC1)C1CCCC1. The Morgan fingerprint density at radius 2 is 1.74 bits per heavy atom. The third-order valence-corrected chi connectivity index (χ3v) is 8.10. The minimum absolute atomic E-state index is 0.134. The molecule has 0 aromatic carbocycles. The lowest BCUT2D eigenvalue weighted by molar-refractivity contribution is -0.142. The Morgan fingerprint density at radius 1 is 1.00 bits per heavy atom. The van der Waals surface area contributed by atoms with E-state index in [4.69, 9.17) is 0 Å². The van der Waals surface area contributed by atoms with Crippen molar-refractivity contribution in [2.75, 3.05) is 6.54 Å². The highest BCUT2D eigenvalue weighted by Gasteiger charge is 2.41. The number of carbonyl (C=O) groups is 4. The molecule has 3 saturated carbocycles. The molecule has 0 bridgehead atoms. The summed E-state index contributed by atoms with van der Waals surface area (Å²) < 4.78 is 2.91. The molecule has 1 aliphatic heterocycles. The normalized spacial score (nSPS) is 25.7. The fourth-order valence-electron chi connectivity index (χ4n) is 4.84. The van der Waals surface area contributed by atoms with E-state index in [9.17, 15) is 19.2 Å². The van der Waals surface area contributed by atoms with Crippen LogP contribution in [0.4, 0.5) is 0 Å². The van der Waals surface area contributed by atoms with Crippen LogP contribution in [0.25, 0.3) is 0 Å². The molecular formula is C22H34N4O4S. The number of rotatable bonds is 11. The number of hydrogen-bond donors (Lipinski definition) is 3. The molecule has 4 rings (SSSR count). The van der Waals surface area contributed by atoms with Crippen molar-refractivity contribution in [3.63, 3.8) is 0 Å². The fraction of sp³-hybridized carbons (Fsp3) is 0.818. The van der Waals surface area contributed by atoms with E-state index in [2.05, 4.69) is 15.4 Å². The molecule has 8 nitrogen and oxygen atoms in total. The summed E-state index contributed by atoms with van der Waals surface area (Å²) in [6.45, 7) is 0.512. The highest BCUT2D eigenvalue weighted by atomic mass is 32.2. The third kappa shape index (κ3) is 5.93. The zero-order valence-electron chi connectivity index (χ0n) is 18.0. The lowest BCUT2D eigenvalue weighted by Crippen LogP contribution is -2.56. The Bertz CT molecular complexity index is 691. The number of nitrogens with zero attached hydrogens (tertiary/aromatic N) is 1. The van der Waals surface area contributed by atoms with Gasteiger partial charge >= 0.3 is 0 Å². The quantitative estimate of drug-likeness (QED) is 0.327. The summed E-state index contributed by atoms with van der Waals surface area (Å²) in [7, 11) is 0. The first-order valence-corrected chi connectivity index (χ1v) is 12.7. The molecule has 2 unspecified atom stereocenters. The summed E-state index contributed by atoms with van der Waals surface area (Å²) in [6.07, 6.45) is 11.0. The molecule has 4 amide bonds. The Labute approximate surface area is 188 Å². The fourth-order valence-corrected chi connectivity index (χ4v) is 5.64. The summed E-state index contributed by atoms with van der Waals surface area (Å²) in [4.78, 5) is 51.9. The number of amides is 4. The van der Waals surface area contributed by atoms with Crippen molar-refractivity contribution in [1.82, 2.24) is 20.3 Å². The maximum absolute atomic E-state index is 13.3. The Balaban J connectivity index is 1.38. The predicted molar refractivity (Wildman–Crippen MR) is 118 cm³/mol. The first-order valence-electron chi connectivity index (χ1n) is 11.8. The molecule has 172 valence electrons. The number of carbonyl (C=O) groups excluding carboxylic acids is 4. The maximum Gasteiger partial charge on any atom is 0.252 e. The lowest BCUT2D eigenvalue weighted by atomic mass is 9.96. The topological polar surface area (TPSA) is 108 Å². The van der Waals surface area contributed by atoms with E-state index in [1.165, 1.54) is 11.9 Å². The first kappa shape index (κ1) is 22.4. The summed E-state index contributed by atoms with van der Waals surface area (Å²) >= 11 is 1.46. The van der Waals surface area contributed by atoms with Gasteiger partial charge in [0, 0.05) is 11.8 Å². The molecular weight excluding hydrogens is 416 g/mol. The predicted octanol–water partition coefficient (Wildman–Crippen LogP) is 1.49. The van der Waals surface area contributed by atoms with Crippen LogP contribution >= 0.6 is 11.9 Å². The molecule has 4 fully saturated rings. The van der Waals surface area contributed by atoms with Crippen LogP contribution in [-0.4, -0.2) is 59.0 Å². The van der Waals surface area contributed by atoms with Crippen molar-refractivity contribution in [3.8, 4) is 0 Å². The van der Waals surface area contributed by atoms with Crippen molar-refractivity contribution >= 4 is 36.1 Å². The molecule has 0 spiro atoms. The molecule has 1 saturated heterocycles. The van der Waals surface area contributed by atoms with E-state index in [1.54, 1.807) is 4.90 Å². The monoisotopic (exact) mass is 450 g/mol. The van der Waals surface area contributed by atoms with Gasteiger partial charge in [0.25, 0.3) is 5.91 Å². The Hall–Kier alpha value is -1.77. The first-order chi connectivity index (χ1) is 15.1. The highest BCUT2D eigenvalue weighted by molar-refractivity contribution is 7.98. The standard InChI is InChI=1S/C22H34N4O4S/c27-13-23-19(15-4-1-2-5-15)22(30)26-11-3-6-18(26)21(29)24-17(12-14-7-8-14)20(28)25-31-16-9-10-16/h13-19H,1-12H2,(H,23,27)(H,24,29)(H,25,28)/t17?,18?,19-/m0/s1. The van der Waals surface area contributed by atoms with E-state index in [0.29, 0.717) is 37.0 Å². The smallest absolute Gasteiger partial charge is 0.252 e. The molecule has 3 atom stereocenters. The third-order valence-electron chi connectivity index (χ3n) is 6.97. The molecule has 9 heteroatoms. The average Bonchev–Trinajstić information content (AvgIpc) is 3.66. The van der Waals surface area contributed by atoms with E-state index in [1.807, 2.05) is 0 Å². The second-order valence-electron chi connectivity index (χ2n) is 9.52. The number of likely N-dealkylation sites (tertiary alicyclic amines) is 1. The summed E-state index contributed by atoms with van der Waals surface area (Å²) in [5, 5.41) is 6.17. The van der Waals surface area contributed by atoms with Crippen LogP contribution in [0.5, 0.6) is 0 Å². The van der Waals surface area contributed by atoms with Crippen molar-refractivity contribution in [3.05, 3.63) is 0 Å². The average molecular weight is 451 g/mol. The molecule has 3 aliphatic carbocycles. The lowest BCUT2D eigenvalue weighted by Gasteiger charge is -2.31. The second kappa shape index (κ2) is 10.2. The van der Waals surface area contributed by atoms with Gasteiger partial charge in [0.1, 0.15) is 18.1 Å². The van der Waals surface area contributed by atoms with Gasteiger partial charge < -0.3 is 15.5 Å². The van der Waals surface area contributed by atoms with Crippen LogP contribution in [0.1, 0.15) is 70.6 Å². The summed E-state index contributed by atoms with van der Waals surface area (Å²) in [5.41, 5.74) is 0. The van der Waals surface area contributed by atoms with Crippen LogP contribution in [0.15, 0.2) is 0 Å². The van der Waals surface area contributed by atoms with E-state index >= 15 is 0 Å². The number of hydrogen-bond acceptors (Lipinski definition) is 5. The van der Waals surface area contributed by atoms with Crippen molar-refractivity contribution < 1.29 is 19.2 Å². The van der Waals surface area contributed by atoms with Crippen molar-refractivity contribution in [2.24, 2.45) is 11.8 Å². The molecule has 0 aromatic rings. The largest absolute Gasteiger partial charge is 0.347 e. The van der Waals surface area contributed by atoms with Gasteiger partial charge in [-0.05, 0) is 68.7 Å². The zero-order valence-corrected chi connectivity index (χ0v) is 18.8. The van der Waals surface area contributed by atoms with Gasteiger partial charge in [-0.3, -0.25) is 23.9 Å². The Kier molecular flexibility index (Phi) is 7.40. The second-order valence-corrected chi connectivity index (χ2v) is 10.6. The van der Waals surface area contributed by atoms with Crippen LogP contribution in [0.3, 0.4) is 0 Å². The molecule has 0 aromatic heterocycles. The van der Waals surface area contributed by atoms with E-state index < -0.39 is 18.1 Å². The molecule has 0 radical (unpaired) electrons. The van der Waals surface area contributed by atoms with E-state index in [0.717, 1.165) is 57.8 Å². The minimum Gasteiger partial charge on any atom is -0.347 e. The van der Waals surface area contributed by atoms with Gasteiger partial charge in [-0.2, -0.15) is 0 Å². The minimum atomic E-state index is -0.574. The zero-order chi connectivity index (χ0) is 21.8. The van der Waals surface area contributed by atoms with Gasteiger partial charge in [0.15, 0.2) is 0 Å². The van der Waals surface area contributed by atoms with Gasteiger partial charge in [-0.15, -0.1) is 0 Å². The maximum atomic E-state index is 13.3. The van der Waals surface area contributed by atoms with E-state index in [-0.39, 0.29) is 23.6 Å². The summed E-state index contributed by atoms with van der Waals surface area (Å²) in [6, 6.07) is -1.69. The molecule has 31 heavy (non-hydrogen) atoms.